The fourth-order valence-corrected chi connectivity index (χ4v) is 3.20. The van der Waals surface area contributed by atoms with E-state index in [9.17, 15) is 4.79 Å². The second-order valence-electron chi connectivity index (χ2n) is 5.85. The molecule has 1 aliphatic carbocycles. The normalized spacial score (nSPS) is 25.1. The molecule has 18 heavy (non-hydrogen) atoms. The predicted octanol–water partition coefficient (Wildman–Crippen LogP) is 1.20. The van der Waals surface area contributed by atoms with Crippen molar-refractivity contribution in [2.24, 2.45) is 5.73 Å². The molecule has 104 valence electrons. The van der Waals surface area contributed by atoms with Gasteiger partial charge in [-0.3, -0.25) is 9.69 Å². The van der Waals surface area contributed by atoms with E-state index in [1.54, 1.807) is 0 Å². The molecule has 0 unspecified atom stereocenters. The van der Waals surface area contributed by atoms with Crippen molar-refractivity contribution in [3.63, 3.8) is 0 Å². The molecule has 1 heterocycles. The second-order valence-corrected chi connectivity index (χ2v) is 5.85. The first-order valence-electron chi connectivity index (χ1n) is 7.46. The molecule has 0 bridgehead atoms. The van der Waals surface area contributed by atoms with Crippen LogP contribution in [0, 0.1) is 0 Å². The zero-order valence-corrected chi connectivity index (χ0v) is 11.7. The molecule has 0 aromatic heterocycles. The number of piperazine rings is 1. The molecule has 0 spiro atoms. The van der Waals surface area contributed by atoms with Crippen LogP contribution < -0.4 is 5.73 Å². The standard InChI is InChI=1S/C14H27N3O/c1-2-8-16-9-11-17(12-10-16)13(18)14(15)6-4-3-5-7-14/h2-12,15H2,1H3. The monoisotopic (exact) mass is 253 g/mol. The summed E-state index contributed by atoms with van der Waals surface area (Å²) in [7, 11) is 0. The first kappa shape index (κ1) is 13.8. The van der Waals surface area contributed by atoms with Gasteiger partial charge >= 0.3 is 0 Å². The number of nitrogens with two attached hydrogens (primary N) is 1. The molecule has 4 nitrogen and oxygen atoms in total. The van der Waals surface area contributed by atoms with Crippen molar-refractivity contribution < 1.29 is 4.79 Å². The topological polar surface area (TPSA) is 49.6 Å². The van der Waals surface area contributed by atoms with Crippen molar-refractivity contribution in [3.05, 3.63) is 0 Å². The largest absolute Gasteiger partial charge is 0.339 e. The van der Waals surface area contributed by atoms with E-state index in [1.165, 1.54) is 12.8 Å². The third-order valence-corrected chi connectivity index (χ3v) is 4.37. The molecule has 0 atom stereocenters. The van der Waals surface area contributed by atoms with Gasteiger partial charge in [-0.25, -0.2) is 0 Å². The quantitative estimate of drug-likeness (QED) is 0.822. The molecule has 1 aliphatic heterocycles. The molecule has 1 amide bonds. The van der Waals surface area contributed by atoms with Crippen LogP contribution >= 0.6 is 0 Å². The Bertz CT molecular complexity index is 279. The van der Waals surface area contributed by atoms with E-state index in [-0.39, 0.29) is 5.91 Å². The van der Waals surface area contributed by atoms with Gasteiger partial charge in [0.15, 0.2) is 0 Å². The first-order chi connectivity index (χ1) is 8.65. The minimum absolute atomic E-state index is 0.207. The lowest BCUT2D eigenvalue weighted by molar-refractivity contribution is -0.140. The molecule has 2 fully saturated rings. The van der Waals surface area contributed by atoms with Crippen molar-refractivity contribution in [3.8, 4) is 0 Å². The van der Waals surface area contributed by atoms with Crippen LogP contribution in [0.1, 0.15) is 45.4 Å². The maximum absolute atomic E-state index is 12.5. The molecule has 2 N–H and O–H groups in total. The van der Waals surface area contributed by atoms with E-state index in [2.05, 4.69) is 11.8 Å². The van der Waals surface area contributed by atoms with Gasteiger partial charge in [-0.2, -0.15) is 0 Å². The van der Waals surface area contributed by atoms with Crippen molar-refractivity contribution >= 4 is 5.91 Å². The summed E-state index contributed by atoms with van der Waals surface area (Å²) in [6, 6.07) is 0. The minimum Gasteiger partial charge on any atom is -0.339 e. The Labute approximate surface area is 110 Å². The van der Waals surface area contributed by atoms with Crippen LogP contribution in [0.5, 0.6) is 0 Å². The molecular formula is C14H27N3O. The summed E-state index contributed by atoms with van der Waals surface area (Å²) < 4.78 is 0. The highest BCUT2D eigenvalue weighted by Crippen LogP contribution is 2.28. The van der Waals surface area contributed by atoms with Gasteiger partial charge in [0.2, 0.25) is 5.91 Å². The van der Waals surface area contributed by atoms with Crippen LogP contribution in [0.15, 0.2) is 0 Å². The van der Waals surface area contributed by atoms with Gasteiger partial charge in [-0.15, -0.1) is 0 Å². The fourth-order valence-electron chi connectivity index (χ4n) is 3.20. The highest BCUT2D eigenvalue weighted by molar-refractivity contribution is 5.86. The lowest BCUT2D eigenvalue weighted by Crippen LogP contribution is -2.60. The summed E-state index contributed by atoms with van der Waals surface area (Å²) in [5, 5.41) is 0. The third kappa shape index (κ3) is 3.04. The van der Waals surface area contributed by atoms with Gasteiger partial charge in [-0.05, 0) is 25.8 Å². The number of hydrogen-bond acceptors (Lipinski definition) is 3. The SMILES string of the molecule is CCCN1CCN(C(=O)C2(N)CCCCC2)CC1. The number of carbonyl (C=O) groups excluding carboxylic acids is 1. The fraction of sp³-hybridized carbons (Fsp3) is 0.929. The van der Waals surface area contributed by atoms with E-state index in [1.807, 2.05) is 4.90 Å². The second kappa shape index (κ2) is 6.02. The maximum Gasteiger partial charge on any atom is 0.242 e. The smallest absolute Gasteiger partial charge is 0.242 e. The van der Waals surface area contributed by atoms with Gasteiger partial charge < -0.3 is 10.6 Å². The molecule has 0 aromatic rings. The summed E-state index contributed by atoms with van der Waals surface area (Å²) in [6.45, 7) is 7.09. The lowest BCUT2D eigenvalue weighted by atomic mass is 9.81. The van der Waals surface area contributed by atoms with E-state index in [0.29, 0.717) is 0 Å². The Hall–Kier alpha value is -0.610. The molecule has 2 rings (SSSR count). The van der Waals surface area contributed by atoms with Gasteiger partial charge in [0, 0.05) is 26.2 Å². The number of amides is 1. The minimum atomic E-state index is -0.550. The lowest BCUT2D eigenvalue weighted by Gasteiger charge is -2.41. The molecule has 0 aromatic carbocycles. The number of rotatable bonds is 3. The van der Waals surface area contributed by atoms with Crippen molar-refractivity contribution in [1.82, 2.24) is 9.80 Å². The van der Waals surface area contributed by atoms with Gasteiger partial charge in [-0.1, -0.05) is 26.2 Å². The predicted molar refractivity (Wildman–Crippen MR) is 73.3 cm³/mol. The van der Waals surface area contributed by atoms with Crippen LogP contribution in [0.4, 0.5) is 0 Å². The van der Waals surface area contributed by atoms with Gasteiger partial charge in [0.1, 0.15) is 0 Å². The number of carbonyl (C=O) groups is 1. The van der Waals surface area contributed by atoms with Crippen LogP contribution in [-0.4, -0.2) is 54.0 Å². The summed E-state index contributed by atoms with van der Waals surface area (Å²) in [5.41, 5.74) is 5.77. The molecule has 2 aliphatic rings. The Kier molecular flexibility index (Phi) is 4.62. The van der Waals surface area contributed by atoms with E-state index >= 15 is 0 Å². The number of hydrogen-bond donors (Lipinski definition) is 1. The Balaban J connectivity index is 1.86. The average molecular weight is 253 g/mol. The van der Waals surface area contributed by atoms with Crippen molar-refractivity contribution in [1.29, 1.82) is 0 Å². The first-order valence-corrected chi connectivity index (χ1v) is 7.46. The average Bonchev–Trinajstić information content (AvgIpc) is 2.40. The molecule has 0 radical (unpaired) electrons. The third-order valence-electron chi connectivity index (χ3n) is 4.37. The van der Waals surface area contributed by atoms with Crippen molar-refractivity contribution in [2.45, 2.75) is 51.0 Å². The molecule has 1 saturated heterocycles. The van der Waals surface area contributed by atoms with Gasteiger partial charge in [0.05, 0.1) is 5.54 Å². The molecule has 1 saturated carbocycles. The molecular weight excluding hydrogens is 226 g/mol. The zero-order valence-electron chi connectivity index (χ0n) is 11.7. The number of nitrogens with zero attached hydrogens (tertiary/aromatic N) is 2. The van der Waals surface area contributed by atoms with Crippen LogP contribution in [-0.2, 0) is 4.79 Å². The maximum atomic E-state index is 12.5. The highest BCUT2D eigenvalue weighted by atomic mass is 16.2. The van der Waals surface area contributed by atoms with Crippen LogP contribution in [0.2, 0.25) is 0 Å². The summed E-state index contributed by atoms with van der Waals surface area (Å²) in [6.07, 6.45) is 6.39. The Morgan fingerprint density at radius 1 is 1.11 bits per heavy atom. The summed E-state index contributed by atoms with van der Waals surface area (Å²) in [4.78, 5) is 17.0. The van der Waals surface area contributed by atoms with Gasteiger partial charge in [0.25, 0.3) is 0 Å². The Morgan fingerprint density at radius 3 is 2.28 bits per heavy atom. The zero-order chi connectivity index (χ0) is 13.0. The molecule has 4 heteroatoms. The van der Waals surface area contributed by atoms with E-state index in [4.69, 9.17) is 5.73 Å². The van der Waals surface area contributed by atoms with Crippen LogP contribution in [0.25, 0.3) is 0 Å². The summed E-state index contributed by atoms with van der Waals surface area (Å²) >= 11 is 0. The van der Waals surface area contributed by atoms with E-state index < -0.39 is 5.54 Å². The van der Waals surface area contributed by atoms with Crippen molar-refractivity contribution in [2.75, 3.05) is 32.7 Å². The highest BCUT2D eigenvalue weighted by Gasteiger charge is 2.38. The summed E-state index contributed by atoms with van der Waals surface area (Å²) in [5.74, 6) is 0.207. The Morgan fingerprint density at radius 2 is 1.72 bits per heavy atom. The van der Waals surface area contributed by atoms with E-state index in [0.717, 1.165) is 58.4 Å². The van der Waals surface area contributed by atoms with Crippen LogP contribution in [0.3, 0.4) is 0 Å².